The first-order chi connectivity index (χ1) is 13.8. The summed E-state index contributed by atoms with van der Waals surface area (Å²) in [5.41, 5.74) is 4.66. The second kappa shape index (κ2) is 9.20. The number of thiazole rings is 1. The molecule has 3 aromatic rings. The van der Waals surface area contributed by atoms with E-state index in [-0.39, 0.29) is 6.42 Å². The van der Waals surface area contributed by atoms with Gasteiger partial charge in [0.15, 0.2) is 0 Å². The first-order valence-electron chi connectivity index (χ1n) is 9.51. The molecule has 0 saturated heterocycles. The number of aliphatic hydroxyl groups excluding tert-OH is 1. The van der Waals surface area contributed by atoms with E-state index in [4.69, 9.17) is 9.84 Å². The molecule has 0 fully saturated rings. The van der Waals surface area contributed by atoms with E-state index in [2.05, 4.69) is 43.1 Å². The highest BCUT2D eigenvalue weighted by atomic mass is 32.1. The van der Waals surface area contributed by atoms with Crippen LogP contribution in [0.25, 0.3) is 10.6 Å². The van der Waals surface area contributed by atoms with Gasteiger partial charge in [0.05, 0.1) is 18.2 Å². The predicted octanol–water partition coefficient (Wildman–Crippen LogP) is 5.33. The number of carboxylic acid groups (broad SMARTS) is 1. The normalized spacial score (nSPS) is 12.2. The van der Waals surface area contributed by atoms with Gasteiger partial charge in [-0.25, -0.2) is 4.98 Å². The lowest BCUT2D eigenvalue weighted by Crippen LogP contribution is -2.06. The minimum absolute atomic E-state index is 0.320. The topological polar surface area (TPSA) is 79.7 Å². The van der Waals surface area contributed by atoms with Crippen molar-refractivity contribution in [1.29, 1.82) is 0 Å². The average molecular weight is 412 g/mol. The molecule has 1 unspecified atom stereocenters. The summed E-state index contributed by atoms with van der Waals surface area (Å²) in [6, 6.07) is 13.7. The van der Waals surface area contributed by atoms with Crippen molar-refractivity contribution < 1.29 is 19.7 Å². The zero-order valence-corrected chi connectivity index (χ0v) is 17.6. The Labute approximate surface area is 174 Å². The summed E-state index contributed by atoms with van der Waals surface area (Å²) in [4.78, 5) is 15.4. The van der Waals surface area contributed by atoms with E-state index in [9.17, 15) is 9.90 Å². The number of carbonyl (C=O) groups is 1. The van der Waals surface area contributed by atoms with E-state index < -0.39 is 12.1 Å². The SMILES string of the molecule is Cc1cc(C(O)CC(=O)O)ccc1OCc1csc(-c2ccc(C(C)C)cc2)n1. The first-order valence-corrected chi connectivity index (χ1v) is 10.4. The van der Waals surface area contributed by atoms with Crippen molar-refractivity contribution in [2.24, 2.45) is 0 Å². The van der Waals surface area contributed by atoms with Crippen molar-refractivity contribution in [3.63, 3.8) is 0 Å². The largest absolute Gasteiger partial charge is 0.487 e. The van der Waals surface area contributed by atoms with E-state index in [0.717, 1.165) is 21.8 Å². The van der Waals surface area contributed by atoms with Gasteiger partial charge in [-0.15, -0.1) is 11.3 Å². The van der Waals surface area contributed by atoms with Crippen LogP contribution < -0.4 is 4.74 Å². The molecule has 1 aromatic heterocycles. The molecule has 152 valence electrons. The quantitative estimate of drug-likeness (QED) is 0.524. The van der Waals surface area contributed by atoms with Gasteiger partial charge in [-0.1, -0.05) is 44.2 Å². The summed E-state index contributed by atoms with van der Waals surface area (Å²) >= 11 is 1.59. The molecule has 0 aliphatic carbocycles. The zero-order chi connectivity index (χ0) is 21.0. The number of rotatable bonds is 8. The molecule has 0 saturated carbocycles. The van der Waals surface area contributed by atoms with Crippen LogP contribution in [0.2, 0.25) is 0 Å². The Bertz CT molecular complexity index is 979. The number of nitrogens with zero attached hydrogens (tertiary/aromatic N) is 1. The maximum atomic E-state index is 10.8. The lowest BCUT2D eigenvalue weighted by Gasteiger charge is -2.12. The average Bonchev–Trinajstić information content (AvgIpc) is 3.15. The van der Waals surface area contributed by atoms with Crippen molar-refractivity contribution in [2.45, 2.75) is 45.8 Å². The number of aryl methyl sites for hydroxylation is 1. The van der Waals surface area contributed by atoms with E-state index in [1.54, 1.807) is 29.5 Å². The lowest BCUT2D eigenvalue weighted by atomic mass is 10.0. The van der Waals surface area contributed by atoms with Crippen molar-refractivity contribution >= 4 is 17.3 Å². The predicted molar refractivity (Wildman–Crippen MR) is 114 cm³/mol. The molecule has 0 radical (unpaired) electrons. The third-order valence-electron chi connectivity index (χ3n) is 4.70. The van der Waals surface area contributed by atoms with Gasteiger partial charge in [-0.2, -0.15) is 0 Å². The molecule has 0 aliphatic heterocycles. The van der Waals surface area contributed by atoms with Gasteiger partial charge in [0, 0.05) is 10.9 Å². The Kier molecular flexibility index (Phi) is 6.67. The number of hydrogen-bond donors (Lipinski definition) is 2. The molecule has 5 nitrogen and oxygen atoms in total. The van der Waals surface area contributed by atoms with E-state index in [0.29, 0.717) is 23.8 Å². The van der Waals surface area contributed by atoms with Crippen molar-refractivity contribution in [1.82, 2.24) is 4.98 Å². The zero-order valence-electron chi connectivity index (χ0n) is 16.8. The molecule has 1 heterocycles. The highest BCUT2D eigenvalue weighted by Crippen LogP contribution is 2.28. The fraction of sp³-hybridized carbons (Fsp3) is 0.304. The van der Waals surface area contributed by atoms with Crippen LogP contribution >= 0.6 is 11.3 Å². The van der Waals surface area contributed by atoms with Gasteiger partial charge in [0.1, 0.15) is 17.4 Å². The molecular weight excluding hydrogens is 386 g/mol. The van der Waals surface area contributed by atoms with E-state index >= 15 is 0 Å². The Balaban J connectivity index is 1.64. The number of ether oxygens (including phenoxy) is 1. The molecule has 6 heteroatoms. The Hall–Kier alpha value is -2.70. The van der Waals surface area contributed by atoms with Crippen molar-refractivity contribution in [2.75, 3.05) is 0 Å². The van der Waals surface area contributed by atoms with E-state index in [1.807, 2.05) is 12.3 Å². The summed E-state index contributed by atoms with van der Waals surface area (Å²) in [5, 5.41) is 21.7. The summed E-state index contributed by atoms with van der Waals surface area (Å²) in [5.74, 6) is 0.157. The van der Waals surface area contributed by atoms with Crippen LogP contribution in [-0.2, 0) is 11.4 Å². The number of carboxylic acids is 1. The summed E-state index contributed by atoms with van der Waals surface area (Å²) < 4.78 is 5.88. The van der Waals surface area contributed by atoms with Crippen LogP contribution in [0.1, 0.15) is 54.7 Å². The van der Waals surface area contributed by atoms with Crippen LogP contribution in [0.5, 0.6) is 5.75 Å². The third kappa shape index (κ3) is 5.43. The van der Waals surface area contributed by atoms with Crippen molar-refractivity contribution in [3.05, 3.63) is 70.2 Å². The van der Waals surface area contributed by atoms with Crippen LogP contribution in [0.15, 0.2) is 47.8 Å². The second-order valence-corrected chi connectivity index (χ2v) is 8.21. The Morgan fingerprint density at radius 3 is 2.45 bits per heavy atom. The molecule has 2 aromatic carbocycles. The Morgan fingerprint density at radius 1 is 1.14 bits per heavy atom. The molecular formula is C23H25NO4S. The maximum Gasteiger partial charge on any atom is 0.306 e. The summed E-state index contributed by atoms with van der Waals surface area (Å²) in [6.45, 7) is 6.57. The van der Waals surface area contributed by atoms with Crippen LogP contribution in [-0.4, -0.2) is 21.2 Å². The number of benzene rings is 2. The van der Waals surface area contributed by atoms with Crippen LogP contribution in [0, 0.1) is 6.92 Å². The van der Waals surface area contributed by atoms with Gasteiger partial charge < -0.3 is 14.9 Å². The van der Waals surface area contributed by atoms with Crippen LogP contribution in [0.4, 0.5) is 0 Å². The van der Waals surface area contributed by atoms with Crippen LogP contribution in [0.3, 0.4) is 0 Å². The first kappa shape index (κ1) is 21.0. The highest BCUT2D eigenvalue weighted by molar-refractivity contribution is 7.13. The highest BCUT2D eigenvalue weighted by Gasteiger charge is 2.14. The standard InChI is InChI=1S/C23H25NO4S/c1-14(2)16-4-6-17(7-5-16)23-24-19(13-29-23)12-28-21-9-8-18(10-15(21)3)20(25)11-22(26)27/h4-10,13-14,20,25H,11-12H2,1-3H3,(H,26,27). The number of hydrogen-bond acceptors (Lipinski definition) is 5. The van der Waals surface area contributed by atoms with Gasteiger partial charge in [-0.3, -0.25) is 4.79 Å². The van der Waals surface area contributed by atoms with Gasteiger partial charge >= 0.3 is 5.97 Å². The molecule has 0 amide bonds. The van der Waals surface area contributed by atoms with E-state index in [1.165, 1.54) is 5.56 Å². The Morgan fingerprint density at radius 2 is 1.83 bits per heavy atom. The fourth-order valence-corrected chi connectivity index (χ4v) is 3.80. The minimum atomic E-state index is -1.03. The molecule has 3 rings (SSSR count). The maximum absolute atomic E-state index is 10.8. The van der Waals surface area contributed by atoms with Gasteiger partial charge in [-0.05, 0) is 41.7 Å². The second-order valence-electron chi connectivity index (χ2n) is 7.35. The number of aromatic nitrogens is 1. The smallest absolute Gasteiger partial charge is 0.306 e. The molecule has 1 atom stereocenters. The number of aliphatic carboxylic acids is 1. The lowest BCUT2D eigenvalue weighted by molar-refractivity contribution is -0.139. The summed E-state index contributed by atoms with van der Waals surface area (Å²) in [6.07, 6.45) is -1.34. The summed E-state index contributed by atoms with van der Waals surface area (Å²) in [7, 11) is 0. The molecule has 2 N–H and O–H groups in total. The van der Waals surface area contributed by atoms with Crippen molar-refractivity contribution in [3.8, 4) is 16.3 Å². The number of aliphatic hydroxyl groups is 1. The van der Waals surface area contributed by atoms with Gasteiger partial charge in [0.2, 0.25) is 0 Å². The third-order valence-corrected chi connectivity index (χ3v) is 5.64. The monoisotopic (exact) mass is 411 g/mol. The fourth-order valence-electron chi connectivity index (χ4n) is 2.99. The molecule has 0 spiro atoms. The van der Waals surface area contributed by atoms with Gasteiger partial charge in [0.25, 0.3) is 0 Å². The minimum Gasteiger partial charge on any atom is -0.487 e. The molecule has 0 bridgehead atoms. The molecule has 29 heavy (non-hydrogen) atoms. The molecule has 0 aliphatic rings.